The van der Waals surface area contributed by atoms with Crippen LogP contribution in [0.5, 0.6) is 0 Å². The predicted octanol–water partition coefficient (Wildman–Crippen LogP) is 18.2. The van der Waals surface area contributed by atoms with Crippen LogP contribution < -0.4 is 9.80 Å². The third kappa shape index (κ3) is 8.66. The number of hydrogen-bond donors (Lipinski definition) is 0. The smallest absolute Gasteiger partial charge is 0.0522 e. The fraction of sp³-hybridized carbons (Fsp3) is 0.0938. The van der Waals surface area contributed by atoms with Crippen molar-refractivity contribution in [2.24, 2.45) is 0 Å². The molecule has 0 fully saturated rings. The van der Waals surface area contributed by atoms with E-state index in [1.54, 1.807) is 0 Å². The zero-order valence-electron chi connectivity index (χ0n) is 38.2. The van der Waals surface area contributed by atoms with Gasteiger partial charge in [0.05, 0.1) is 11.4 Å². The molecular formula is C64H54N2. The molecule has 10 aromatic rings. The van der Waals surface area contributed by atoms with Crippen LogP contribution in [0.25, 0.3) is 56.6 Å². The highest BCUT2D eigenvalue weighted by molar-refractivity contribution is 5.93. The molecule has 0 aliphatic heterocycles. The molecular weight excluding hydrogens is 797 g/mol. The Kier molecular flexibility index (Phi) is 11.9. The van der Waals surface area contributed by atoms with Gasteiger partial charge in [0.15, 0.2) is 0 Å². The van der Waals surface area contributed by atoms with Gasteiger partial charge in [0.25, 0.3) is 0 Å². The fourth-order valence-corrected chi connectivity index (χ4v) is 9.44. The maximum Gasteiger partial charge on any atom is 0.0522 e. The fourth-order valence-electron chi connectivity index (χ4n) is 9.44. The number of anilines is 6. The summed E-state index contributed by atoms with van der Waals surface area (Å²) < 4.78 is 0. The highest BCUT2D eigenvalue weighted by Crippen LogP contribution is 2.42. The molecule has 0 bridgehead atoms. The summed E-state index contributed by atoms with van der Waals surface area (Å²) in [5.74, 6) is 0. The van der Waals surface area contributed by atoms with Gasteiger partial charge in [0.1, 0.15) is 0 Å². The summed E-state index contributed by atoms with van der Waals surface area (Å²) in [5.41, 5.74) is 17.0. The quantitative estimate of drug-likeness (QED) is 0.113. The first-order valence-corrected chi connectivity index (χ1v) is 23.3. The highest BCUT2D eigenvalue weighted by atomic mass is 15.2. The molecule has 2 heteroatoms. The third-order valence-electron chi connectivity index (χ3n) is 13.0. The zero-order valence-corrected chi connectivity index (χ0v) is 38.2. The molecule has 0 saturated heterocycles. The maximum atomic E-state index is 2.42. The van der Waals surface area contributed by atoms with Crippen molar-refractivity contribution in [3.05, 3.63) is 251 Å². The van der Waals surface area contributed by atoms with Crippen molar-refractivity contribution < 1.29 is 0 Å². The molecule has 0 aromatic heterocycles. The molecule has 0 saturated carbocycles. The second-order valence-corrected chi connectivity index (χ2v) is 17.3. The topological polar surface area (TPSA) is 6.48 Å². The van der Waals surface area contributed by atoms with Crippen LogP contribution in [0.15, 0.2) is 206 Å². The lowest BCUT2D eigenvalue weighted by atomic mass is 10.0. The van der Waals surface area contributed by atoms with Crippen LogP contribution in [0.2, 0.25) is 0 Å². The number of aryl methyl sites for hydroxylation is 4. The Hall–Kier alpha value is -7.94. The summed E-state index contributed by atoms with van der Waals surface area (Å²) in [4.78, 5) is 4.85. The van der Waals surface area contributed by atoms with E-state index in [1.807, 2.05) is 0 Å². The number of benzene rings is 10. The van der Waals surface area contributed by atoms with Gasteiger partial charge in [-0.15, -0.1) is 0 Å². The van der Waals surface area contributed by atoms with Gasteiger partial charge in [-0.25, -0.2) is 0 Å². The molecule has 320 valence electrons. The van der Waals surface area contributed by atoms with E-state index < -0.39 is 0 Å². The highest BCUT2D eigenvalue weighted by Gasteiger charge is 2.20. The van der Waals surface area contributed by atoms with Gasteiger partial charge in [0, 0.05) is 22.7 Å². The van der Waals surface area contributed by atoms with Gasteiger partial charge in [-0.1, -0.05) is 184 Å². The van der Waals surface area contributed by atoms with Gasteiger partial charge in [-0.3, -0.25) is 0 Å². The SMILES string of the molecule is CCc1cccc(C)c1N(c1ccc(/C=C/c2ccc3cc(/C=C/c4ccc(N(c5ccc6ccccc6c5)c5c(C)cccc5CC)cc4)ccc3c2)cc1)c1ccc2ccccc2c1. The standard InChI is InChI=1S/C64H54N2/c1-5-51-19-11-13-45(3)63(51)65(61-39-33-53-15-7-9-17-55(53)43-61)59-35-27-47(28-36-59)21-23-49-25-31-58-42-50(26-32-57(58)41-49)24-22-48-29-37-60(38-30-48)66(64-46(4)14-12-20-52(64)6-2)62-40-34-54-16-8-10-18-56(54)44-62/h7-44H,5-6H2,1-4H3/b23-21+,24-22+. The summed E-state index contributed by atoms with van der Waals surface area (Å²) in [7, 11) is 0. The van der Waals surface area contributed by atoms with E-state index in [2.05, 4.69) is 268 Å². The Labute approximate surface area is 390 Å². The normalized spacial score (nSPS) is 11.6. The van der Waals surface area contributed by atoms with E-state index in [-0.39, 0.29) is 0 Å². The van der Waals surface area contributed by atoms with E-state index in [4.69, 9.17) is 0 Å². The Bertz CT molecular complexity index is 3180. The monoisotopic (exact) mass is 850 g/mol. The molecule has 0 amide bonds. The van der Waals surface area contributed by atoms with Gasteiger partial charge < -0.3 is 9.80 Å². The van der Waals surface area contributed by atoms with Crippen LogP contribution in [-0.2, 0) is 12.8 Å². The second kappa shape index (κ2) is 18.6. The molecule has 10 aromatic carbocycles. The van der Waals surface area contributed by atoms with Crippen molar-refractivity contribution in [2.75, 3.05) is 9.80 Å². The minimum atomic E-state index is 0.961. The minimum absolute atomic E-state index is 0.961. The second-order valence-electron chi connectivity index (χ2n) is 17.3. The Morgan fingerprint density at radius 2 is 0.636 bits per heavy atom. The molecule has 0 heterocycles. The van der Waals surface area contributed by atoms with Crippen molar-refractivity contribution in [3.63, 3.8) is 0 Å². The van der Waals surface area contributed by atoms with Crippen LogP contribution >= 0.6 is 0 Å². The molecule has 0 unspecified atom stereocenters. The van der Waals surface area contributed by atoms with Crippen molar-refractivity contribution >= 4 is 90.7 Å². The lowest BCUT2D eigenvalue weighted by Gasteiger charge is -2.29. The van der Waals surface area contributed by atoms with Crippen LogP contribution in [0.3, 0.4) is 0 Å². The Balaban J connectivity index is 0.865. The maximum absolute atomic E-state index is 2.42. The van der Waals surface area contributed by atoms with E-state index in [0.717, 1.165) is 46.7 Å². The average Bonchev–Trinajstić information content (AvgIpc) is 3.36. The lowest BCUT2D eigenvalue weighted by Crippen LogP contribution is -2.13. The van der Waals surface area contributed by atoms with E-state index in [9.17, 15) is 0 Å². The van der Waals surface area contributed by atoms with Crippen LogP contribution in [-0.4, -0.2) is 0 Å². The first-order valence-electron chi connectivity index (χ1n) is 23.3. The van der Waals surface area contributed by atoms with E-state index >= 15 is 0 Å². The summed E-state index contributed by atoms with van der Waals surface area (Å²) in [6, 6.07) is 75.4. The summed E-state index contributed by atoms with van der Waals surface area (Å²) in [6.07, 6.45) is 10.8. The average molecular weight is 851 g/mol. The molecule has 0 radical (unpaired) electrons. The Morgan fingerprint density at radius 1 is 0.303 bits per heavy atom. The number of rotatable bonds is 12. The van der Waals surface area contributed by atoms with Crippen LogP contribution in [0.1, 0.15) is 58.4 Å². The molecule has 66 heavy (non-hydrogen) atoms. The van der Waals surface area contributed by atoms with Crippen LogP contribution in [0.4, 0.5) is 34.1 Å². The van der Waals surface area contributed by atoms with Gasteiger partial charge in [0.2, 0.25) is 0 Å². The number of para-hydroxylation sites is 2. The Morgan fingerprint density at radius 3 is 1.05 bits per heavy atom. The van der Waals surface area contributed by atoms with Gasteiger partial charge in [-0.05, 0) is 164 Å². The van der Waals surface area contributed by atoms with Gasteiger partial charge >= 0.3 is 0 Å². The number of fused-ring (bicyclic) bond motifs is 3. The van der Waals surface area contributed by atoms with Crippen molar-refractivity contribution in [1.29, 1.82) is 0 Å². The van der Waals surface area contributed by atoms with Crippen molar-refractivity contribution in [3.8, 4) is 0 Å². The predicted molar refractivity (Wildman–Crippen MR) is 287 cm³/mol. The first-order chi connectivity index (χ1) is 32.4. The third-order valence-corrected chi connectivity index (χ3v) is 13.0. The first kappa shape index (κ1) is 42.0. The molecule has 10 rings (SSSR count). The van der Waals surface area contributed by atoms with Crippen molar-refractivity contribution in [1.82, 2.24) is 0 Å². The van der Waals surface area contributed by atoms with E-state index in [0.29, 0.717) is 0 Å². The van der Waals surface area contributed by atoms with Crippen LogP contribution in [0, 0.1) is 13.8 Å². The summed E-state index contributed by atoms with van der Waals surface area (Å²) in [5, 5.41) is 7.41. The molecule has 2 nitrogen and oxygen atoms in total. The van der Waals surface area contributed by atoms with E-state index in [1.165, 1.54) is 77.1 Å². The zero-order chi connectivity index (χ0) is 45.0. The minimum Gasteiger partial charge on any atom is -0.310 e. The molecule has 0 spiro atoms. The summed E-state index contributed by atoms with van der Waals surface area (Å²) in [6.45, 7) is 8.92. The molecule has 0 atom stereocenters. The largest absolute Gasteiger partial charge is 0.310 e. The van der Waals surface area contributed by atoms with Crippen molar-refractivity contribution in [2.45, 2.75) is 40.5 Å². The van der Waals surface area contributed by atoms with Gasteiger partial charge in [-0.2, -0.15) is 0 Å². The lowest BCUT2D eigenvalue weighted by molar-refractivity contribution is 1.10. The molecule has 0 N–H and O–H groups in total. The molecule has 0 aliphatic carbocycles. The summed E-state index contributed by atoms with van der Waals surface area (Å²) >= 11 is 0. The number of hydrogen-bond acceptors (Lipinski definition) is 2. The molecule has 0 aliphatic rings. The number of nitrogens with zero attached hydrogens (tertiary/aromatic N) is 2.